The van der Waals surface area contributed by atoms with Crippen LogP contribution in [0.5, 0.6) is 0 Å². The molecule has 21 heavy (non-hydrogen) atoms. The first-order chi connectivity index (χ1) is 10.1. The van der Waals surface area contributed by atoms with Crippen LogP contribution in [0.15, 0.2) is 5.38 Å². The van der Waals surface area contributed by atoms with Crippen molar-refractivity contribution in [2.24, 2.45) is 0 Å². The predicted octanol–water partition coefficient (Wildman–Crippen LogP) is 0.907. The van der Waals surface area contributed by atoms with Crippen LogP contribution in [-0.4, -0.2) is 43.1 Å². The molecule has 1 rings (SSSR count). The summed E-state index contributed by atoms with van der Waals surface area (Å²) in [5, 5.41) is 8.98. The molecule has 0 atom stereocenters. The summed E-state index contributed by atoms with van der Waals surface area (Å²) in [5.41, 5.74) is 0.777. The van der Waals surface area contributed by atoms with Crippen LogP contribution < -0.4 is 10.6 Å². The third-order valence-corrected chi connectivity index (χ3v) is 3.61. The number of carbonyl (C=O) groups is 2. The van der Waals surface area contributed by atoms with Crippen LogP contribution in [0.2, 0.25) is 0 Å². The molecule has 1 amide bonds. The van der Waals surface area contributed by atoms with Gasteiger partial charge in [0.2, 0.25) is 5.91 Å². The molecule has 118 valence electrons. The zero-order valence-corrected chi connectivity index (χ0v) is 13.4. The van der Waals surface area contributed by atoms with Crippen LogP contribution >= 0.6 is 11.3 Å². The number of hydrogen-bond donors (Lipinski definition) is 2. The molecule has 0 aliphatic carbocycles. The van der Waals surface area contributed by atoms with Crippen molar-refractivity contribution in [3.63, 3.8) is 0 Å². The Morgan fingerprint density at radius 3 is 2.86 bits per heavy atom. The Morgan fingerprint density at radius 1 is 1.33 bits per heavy atom. The third kappa shape index (κ3) is 8.41. The Labute approximate surface area is 129 Å². The minimum atomic E-state index is -0.231. The maximum atomic E-state index is 11.3. The van der Waals surface area contributed by atoms with E-state index in [2.05, 4.69) is 15.6 Å². The topological polar surface area (TPSA) is 80.3 Å². The van der Waals surface area contributed by atoms with Gasteiger partial charge < -0.3 is 15.4 Å². The molecule has 0 saturated heterocycles. The van der Waals surface area contributed by atoms with Gasteiger partial charge in [0.15, 0.2) is 0 Å². The molecular weight excluding hydrogens is 290 g/mol. The van der Waals surface area contributed by atoms with Crippen LogP contribution in [0.4, 0.5) is 0 Å². The predicted molar refractivity (Wildman–Crippen MR) is 82.3 cm³/mol. The van der Waals surface area contributed by atoms with E-state index in [9.17, 15) is 9.59 Å². The lowest BCUT2D eigenvalue weighted by atomic mass is 10.3. The summed E-state index contributed by atoms with van der Waals surface area (Å²) >= 11 is 1.57. The summed E-state index contributed by atoms with van der Waals surface area (Å²) < 4.78 is 4.89. The number of nitrogens with one attached hydrogen (secondary N) is 2. The zero-order valence-electron chi connectivity index (χ0n) is 12.6. The summed E-state index contributed by atoms with van der Waals surface area (Å²) in [4.78, 5) is 26.4. The van der Waals surface area contributed by atoms with Crippen molar-refractivity contribution in [3.05, 3.63) is 16.1 Å². The molecule has 1 aromatic rings. The first-order valence-corrected chi connectivity index (χ1v) is 8.03. The second-order valence-electron chi connectivity index (χ2n) is 4.55. The summed E-state index contributed by atoms with van der Waals surface area (Å²) in [6.45, 7) is 6.11. The molecule has 0 aliphatic heterocycles. The zero-order chi connectivity index (χ0) is 15.5. The number of carbonyl (C=O) groups excluding carboxylic acids is 2. The fraction of sp³-hybridized carbons (Fsp3) is 0.643. The van der Waals surface area contributed by atoms with Crippen molar-refractivity contribution in [2.75, 3.05) is 26.2 Å². The van der Waals surface area contributed by atoms with E-state index in [1.165, 1.54) is 6.92 Å². The highest BCUT2D eigenvalue weighted by Gasteiger charge is 2.08. The van der Waals surface area contributed by atoms with Crippen molar-refractivity contribution >= 4 is 23.2 Å². The molecule has 0 aromatic carbocycles. The lowest BCUT2D eigenvalue weighted by Gasteiger charge is -2.04. The highest BCUT2D eigenvalue weighted by molar-refractivity contribution is 7.09. The van der Waals surface area contributed by atoms with E-state index in [1.807, 2.05) is 5.38 Å². The number of hydrogen-bond acceptors (Lipinski definition) is 6. The Kier molecular flexibility index (Phi) is 8.61. The van der Waals surface area contributed by atoms with Gasteiger partial charge in [-0.15, -0.1) is 11.3 Å². The van der Waals surface area contributed by atoms with Crippen molar-refractivity contribution < 1.29 is 14.3 Å². The Hall–Kier alpha value is -1.47. The fourth-order valence-electron chi connectivity index (χ4n) is 1.70. The Bertz CT molecular complexity index is 448. The van der Waals surface area contributed by atoms with Crippen molar-refractivity contribution in [2.45, 2.75) is 33.1 Å². The van der Waals surface area contributed by atoms with Crippen LogP contribution in [-0.2, 0) is 27.2 Å². The van der Waals surface area contributed by atoms with Gasteiger partial charge in [-0.05, 0) is 19.9 Å². The summed E-state index contributed by atoms with van der Waals surface area (Å²) in [5.74, 6) is -0.225. The van der Waals surface area contributed by atoms with Gasteiger partial charge in [-0.2, -0.15) is 0 Å². The molecule has 0 bridgehead atoms. The fourth-order valence-corrected chi connectivity index (χ4v) is 2.50. The van der Waals surface area contributed by atoms with Gasteiger partial charge in [-0.3, -0.25) is 9.59 Å². The van der Waals surface area contributed by atoms with Crippen molar-refractivity contribution in [1.82, 2.24) is 15.6 Å². The van der Waals surface area contributed by atoms with E-state index in [0.29, 0.717) is 13.2 Å². The smallest absolute Gasteiger partial charge is 0.311 e. The van der Waals surface area contributed by atoms with E-state index in [4.69, 9.17) is 4.74 Å². The monoisotopic (exact) mass is 313 g/mol. The summed E-state index contributed by atoms with van der Waals surface area (Å²) in [6, 6.07) is 0. The SMILES string of the molecule is CCOC(=O)Cc1csc(CCNCCCNC(C)=O)n1. The molecule has 0 fully saturated rings. The molecule has 0 unspecified atom stereocenters. The van der Waals surface area contributed by atoms with E-state index in [1.54, 1.807) is 18.3 Å². The average molecular weight is 313 g/mol. The van der Waals surface area contributed by atoms with Gasteiger partial charge in [0, 0.05) is 31.8 Å². The molecule has 0 spiro atoms. The van der Waals surface area contributed by atoms with Crippen molar-refractivity contribution in [1.29, 1.82) is 0 Å². The number of nitrogens with zero attached hydrogens (tertiary/aromatic N) is 1. The number of esters is 1. The van der Waals surface area contributed by atoms with Crippen LogP contribution in [0, 0.1) is 0 Å². The number of rotatable bonds is 10. The lowest BCUT2D eigenvalue weighted by molar-refractivity contribution is -0.142. The average Bonchev–Trinajstić information content (AvgIpc) is 2.85. The minimum Gasteiger partial charge on any atom is -0.466 e. The van der Waals surface area contributed by atoms with E-state index >= 15 is 0 Å². The van der Waals surface area contributed by atoms with E-state index < -0.39 is 0 Å². The third-order valence-electron chi connectivity index (χ3n) is 2.65. The second-order valence-corrected chi connectivity index (χ2v) is 5.49. The van der Waals surface area contributed by atoms with Gasteiger partial charge in [0.1, 0.15) is 0 Å². The number of ether oxygens (including phenoxy) is 1. The first kappa shape index (κ1) is 17.6. The molecule has 6 nitrogen and oxygen atoms in total. The highest BCUT2D eigenvalue weighted by Crippen LogP contribution is 2.11. The van der Waals surface area contributed by atoms with Crippen LogP contribution in [0.25, 0.3) is 0 Å². The number of thiazole rings is 1. The van der Waals surface area contributed by atoms with E-state index in [0.717, 1.165) is 36.6 Å². The van der Waals surface area contributed by atoms with Gasteiger partial charge in [0.25, 0.3) is 0 Å². The molecule has 1 heterocycles. The molecule has 0 aliphatic rings. The quantitative estimate of drug-likeness (QED) is 0.496. The summed E-state index contributed by atoms with van der Waals surface area (Å²) in [7, 11) is 0. The van der Waals surface area contributed by atoms with Crippen LogP contribution in [0.3, 0.4) is 0 Å². The maximum absolute atomic E-state index is 11.3. The van der Waals surface area contributed by atoms with E-state index in [-0.39, 0.29) is 18.3 Å². The van der Waals surface area contributed by atoms with Gasteiger partial charge >= 0.3 is 5.97 Å². The Morgan fingerprint density at radius 2 is 2.14 bits per heavy atom. The summed E-state index contributed by atoms with van der Waals surface area (Å²) in [6.07, 6.45) is 1.99. The van der Waals surface area contributed by atoms with Crippen molar-refractivity contribution in [3.8, 4) is 0 Å². The standard InChI is InChI=1S/C14H23N3O3S/c1-3-20-14(19)9-12-10-21-13(17-12)5-8-15-6-4-7-16-11(2)18/h10,15H,3-9H2,1-2H3,(H,16,18). The largest absolute Gasteiger partial charge is 0.466 e. The van der Waals surface area contributed by atoms with Gasteiger partial charge in [0.05, 0.1) is 23.7 Å². The molecule has 0 radical (unpaired) electrons. The highest BCUT2D eigenvalue weighted by atomic mass is 32.1. The molecule has 7 heteroatoms. The second kappa shape index (κ2) is 10.3. The van der Waals surface area contributed by atoms with Gasteiger partial charge in [-0.25, -0.2) is 4.98 Å². The number of aromatic nitrogens is 1. The molecule has 2 N–H and O–H groups in total. The molecular formula is C14H23N3O3S. The molecule has 1 aromatic heterocycles. The van der Waals surface area contributed by atoms with Crippen LogP contribution in [0.1, 0.15) is 31.0 Å². The number of amides is 1. The molecule has 0 saturated carbocycles. The first-order valence-electron chi connectivity index (χ1n) is 7.16. The maximum Gasteiger partial charge on any atom is 0.311 e. The van der Waals surface area contributed by atoms with Gasteiger partial charge in [-0.1, -0.05) is 0 Å². The minimum absolute atomic E-state index is 0.00640. The lowest BCUT2D eigenvalue weighted by Crippen LogP contribution is -2.26. The Balaban J connectivity index is 2.11. The normalized spacial score (nSPS) is 10.4.